The number of nitrogens with two attached hydrogens (primary N) is 1. The highest BCUT2D eigenvalue weighted by atomic mass is 15.1. The molecular formula is C16H19N3. The van der Waals surface area contributed by atoms with E-state index in [2.05, 4.69) is 30.1 Å². The molecule has 0 radical (unpaired) electrons. The molecule has 0 unspecified atom stereocenters. The van der Waals surface area contributed by atoms with Crippen molar-refractivity contribution in [3.05, 3.63) is 52.6 Å². The third-order valence-corrected chi connectivity index (χ3v) is 3.43. The third kappa shape index (κ3) is 2.81. The average Bonchev–Trinajstić information content (AvgIpc) is 2.37. The molecule has 0 aliphatic carbocycles. The van der Waals surface area contributed by atoms with Crippen molar-refractivity contribution in [1.82, 2.24) is 0 Å². The average molecular weight is 253 g/mol. The molecule has 0 fully saturated rings. The highest BCUT2D eigenvalue weighted by Crippen LogP contribution is 2.27. The van der Waals surface area contributed by atoms with Crippen molar-refractivity contribution in [2.75, 3.05) is 5.73 Å². The molecule has 3 heteroatoms. The number of hydrogen-bond donors (Lipinski definition) is 1. The molecule has 0 spiro atoms. The lowest BCUT2D eigenvalue weighted by atomic mass is 10.1. The topological polar surface area (TPSA) is 50.7 Å². The number of benzene rings is 2. The molecule has 2 rings (SSSR count). The lowest BCUT2D eigenvalue weighted by Gasteiger charge is -2.05. The zero-order chi connectivity index (χ0) is 14.0. The van der Waals surface area contributed by atoms with Crippen molar-refractivity contribution in [2.24, 2.45) is 10.2 Å². The zero-order valence-electron chi connectivity index (χ0n) is 11.9. The largest absolute Gasteiger partial charge is 0.398 e. The molecule has 0 aliphatic rings. The minimum absolute atomic E-state index is 0.825. The van der Waals surface area contributed by atoms with Gasteiger partial charge in [0.2, 0.25) is 0 Å². The Morgan fingerprint density at radius 3 is 2.11 bits per heavy atom. The summed E-state index contributed by atoms with van der Waals surface area (Å²) in [6.45, 7) is 8.10. The van der Waals surface area contributed by atoms with Crippen LogP contribution in [0.5, 0.6) is 0 Å². The van der Waals surface area contributed by atoms with Crippen LogP contribution in [-0.4, -0.2) is 0 Å². The molecule has 0 bridgehead atoms. The summed E-state index contributed by atoms with van der Waals surface area (Å²) in [5.41, 5.74) is 13.0. The Hall–Kier alpha value is -2.16. The van der Waals surface area contributed by atoms with Gasteiger partial charge in [0.25, 0.3) is 0 Å². The maximum Gasteiger partial charge on any atom is 0.0888 e. The first-order valence-electron chi connectivity index (χ1n) is 6.33. The van der Waals surface area contributed by atoms with Gasteiger partial charge in [-0.05, 0) is 68.1 Å². The van der Waals surface area contributed by atoms with E-state index in [0.29, 0.717) is 0 Å². The number of rotatable bonds is 2. The first-order chi connectivity index (χ1) is 8.99. The molecule has 3 nitrogen and oxygen atoms in total. The molecule has 0 heterocycles. The fourth-order valence-electron chi connectivity index (χ4n) is 1.97. The minimum atomic E-state index is 0.825. The highest BCUT2D eigenvalue weighted by molar-refractivity contribution is 5.60. The smallest absolute Gasteiger partial charge is 0.0888 e. The predicted octanol–water partition coefficient (Wildman–Crippen LogP) is 4.92. The summed E-state index contributed by atoms with van der Waals surface area (Å²) in [4.78, 5) is 0. The van der Waals surface area contributed by atoms with E-state index in [0.717, 1.165) is 33.8 Å². The molecule has 0 amide bonds. The van der Waals surface area contributed by atoms with Gasteiger partial charge in [0, 0.05) is 5.69 Å². The van der Waals surface area contributed by atoms with Crippen molar-refractivity contribution in [2.45, 2.75) is 27.7 Å². The van der Waals surface area contributed by atoms with E-state index in [1.54, 1.807) is 0 Å². The van der Waals surface area contributed by atoms with Gasteiger partial charge in [-0.15, -0.1) is 0 Å². The Morgan fingerprint density at radius 1 is 0.842 bits per heavy atom. The normalized spacial score (nSPS) is 11.2. The lowest BCUT2D eigenvalue weighted by molar-refractivity contribution is 1.18. The second-order valence-electron chi connectivity index (χ2n) is 4.91. The van der Waals surface area contributed by atoms with Crippen LogP contribution in [0.2, 0.25) is 0 Å². The van der Waals surface area contributed by atoms with Gasteiger partial charge in [-0.2, -0.15) is 10.2 Å². The molecule has 2 aromatic carbocycles. The quantitative estimate of drug-likeness (QED) is 0.599. The van der Waals surface area contributed by atoms with E-state index in [4.69, 9.17) is 5.73 Å². The number of hydrogen-bond acceptors (Lipinski definition) is 3. The molecular weight excluding hydrogens is 234 g/mol. The molecule has 0 aliphatic heterocycles. The van der Waals surface area contributed by atoms with Gasteiger partial charge in [-0.1, -0.05) is 12.1 Å². The van der Waals surface area contributed by atoms with E-state index in [-0.39, 0.29) is 0 Å². The summed E-state index contributed by atoms with van der Waals surface area (Å²) >= 11 is 0. The van der Waals surface area contributed by atoms with Gasteiger partial charge >= 0.3 is 0 Å². The van der Waals surface area contributed by atoms with Crippen LogP contribution in [0.1, 0.15) is 22.3 Å². The van der Waals surface area contributed by atoms with Crippen LogP contribution in [0.25, 0.3) is 0 Å². The monoisotopic (exact) mass is 253 g/mol. The van der Waals surface area contributed by atoms with Gasteiger partial charge < -0.3 is 5.73 Å². The molecule has 2 N–H and O–H groups in total. The van der Waals surface area contributed by atoms with Crippen LogP contribution >= 0.6 is 0 Å². The van der Waals surface area contributed by atoms with Gasteiger partial charge in [-0.25, -0.2) is 0 Å². The Bertz CT molecular complexity index is 619. The highest BCUT2D eigenvalue weighted by Gasteiger charge is 2.02. The molecule has 19 heavy (non-hydrogen) atoms. The van der Waals surface area contributed by atoms with Crippen molar-refractivity contribution in [3.63, 3.8) is 0 Å². The van der Waals surface area contributed by atoms with E-state index in [1.807, 2.05) is 38.1 Å². The molecule has 2 aromatic rings. The van der Waals surface area contributed by atoms with Crippen LogP contribution < -0.4 is 5.73 Å². The first kappa shape index (κ1) is 13.3. The molecule has 0 atom stereocenters. The number of nitrogens with zero attached hydrogens (tertiary/aromatic N) is 2. The molecule has 0 saturated carbocycles. The van der Waals surface area contributed by atoms with E-state index in [1.165, 1.54) is 5.56 Å². The summed E-state index contributed by atoms with van der Waals surface area (Å²) in [6, 6.07) is 9.96. The number of anilines is 1. The maximum absolute atomic E-state index is 5.93. The van der Waals surface area contributed by atoms with Crippen molar-refractivity contribution in [3.8, 4) is 0 Å². The second-order valence-corrected chi connectivity index (χ2v) is 4.91. The third-order valence-electron chi connectivity index (χ3n) is 3.43. The van der Waals surface area contributed by atoms with Crippen LogP contribution in [0.3, 0.4) is 0 Å². The van der Waals surface area contributed by atoms with E-state index >= 15 is 0 Å². The Kier molecular flexibility index (Phi) is 3.65. The van der Waals surface area contributed by atoms with E-state index < -0.39 is 0 Å². The lowest BCUT2D eigenvalue weighted by Crippen LogP contribution is -1.92. The summed E-state index contributed by atoms with van der Waals surface area (Å²) in [5, 5.41) is 8.64. The van der Waals surface area contributed by atoms with Gasteiger partial charge in [-0.3, -0.25) is 0 Å². The predicted molar refractivity (Wildman–Crippen MR) is 80.4 cm³/mol. The minimum Gasteiger partial charge on any atom is -0.398 e. The van der Waals surface area contributed by atoms with Crippen LogP contribution in [0.4, 0.5) is 17.1 Å². The van der Waals surface area contributed by atoms with Gasteiger partial charge in [0.1, 0.15) is 0 Å². The number of aryl methyl sites for hydroxylation is 3. The van der Waals surface area contributed by atoms with Gasteiger partial charge in [0.15, 0.2) is 0 Å². The van der Waals surface area contributed by atoms with Crippen LogP contribution in [0, 0.1) is 27.7 Å². The van der Waals surface area contributed by atoms with Crippen molar-refractivity contribution >= 4 is 17.1 Å². The van der Waals surface area contributed by atoms with Crippen molar-refractivity contribution in [1.29, 1.82) is 0 Å². The number of nitrogen functional groups attached to an aromatic ring is 1. The van der Waals surface area contributed by atoms with E-state index in [9.17, 15) is 0 Å². The molecule has 98 valence electrons. The van der Waals surface area contributed by atoms with Crippen LogP contribution in [0.15, 0.2) is 40.6 Å². The Balaban J connectivity index is 2.35. The SMILES string of the molecule is Cc1cccc(N=Nc2cc(C)c(N)c(C)c2)c1C. The summed E-state index contributed by atoms with van der Waals surface area (Å²) in [5.74, 6) is 0. The summed E-state index contributed by atoms with van der Waals surface area (Å²) < 4.78 is 0. The first-order valence-corrected chi connectivity index (χ1v) is 6.33. The fourth-order valence-corrected chi connectivity index (χ4v) is 1.97. The second kappa shape index (κ2) is 5.22. The number of azo groups is 1. The summed E-state index contributed by atoms with van der Waals surface area (Å²) in [6.07, 6.45) is 0. The molecule has 0 aromatic heterocycles. The Labute approximate surface area is 114 Å². The zero-order valence-corrected chi connectivity index (χ0v) is 11.9. The summed E-state index contributed by atoms with van der Waals surface area (Å²) in [7, 11) is 0. The Morgan fingerprint density at radius 2 is 1.47 bits per heavy atom. The van der Waals surface area contributed by atoms with Crippen LogP contribution in [-0.2, 0) is 0 Å². The fraction of sp³-hybridized carbons (Fsp3) is 0.250. The maximum atomic E-state index is 5.93. The standard InChI is InChI=1S/C16H19N3/c1-10-6-5-7-15(13(10)4)19-18-14-8-11(2)16(17)12(3)9-14/h5-9H,17H2,1-4H3. The molecule has 0 saturated heterocycles. The van der Waals surface area contributed by atoms with Gasteiger partial charge in [0.05, 0.1) is 11.4 Å². The van der Waals surface area contributed by atoms with Crippen molar-refractivity contribution < 1.29 is 0 Å².